The third kappa shape index (κ3) is 2.46. The molecule has 0 amide bonds. The molecule has 94 valence electrons. The van der Waals surface area contributed by atoms with Gasteiger partial charge in [0.2, 0.25) is 0 Å². The van der Waals surface area contributed by atoms with Gasteiger partial charge in [-0.3, -0.25) is 13.9 Å². The maximum Gasteiger partial charge on any atom is 0.331 e. The highest BCUT2D eigenvalue weighted by molar-refractivity contribution is 9.10. The molecule has 0 saturated carbocycles. The van der Waals surface area contributed by atoms with Gasteiger partial charge < -0.3 is 0 Å². The largest absolute Gasteiger partial charge is 0.331 e. The van der Waals surface area contributed by atoms with E-state index < -0.39 is 0 Å². The minimum Gasteiger partial charge on any atom is -0.296 e. The van der Waals surface area contributed by atoms with Crippen LogP contribution in [0, 0.1) is 6.92 Å². The predicted molar refractivity (Wildman–Crippen MR) is 73.9 cm³/mol. The van der Waals surface area contributed by atoms with Gasteiger partial charge >= 0.3 is 5.69 Å². The summed E-state index contributed by atoms with van der Waals surface area (Å²) in [7, 11) is 1.50. The Morgan fingerprint density at radius 2 is 1.78 bits per heavy atom. The van der Waals surface area contributed by atoms with Gasteiger partial charge in [-0.2, -0.15) is 0 Å². The molecule has 0 spiro atoms. The summed E-state index contributed by atoms with van der Waals surface area (Å²) in [4.78, 5) is 23.5. The highest BCUT2D eigenvalue weighted by Gasteiger charge is 2.05. The molecule has 0 unspecified atom stereocenters. The lowest BCUT2D eigenvalue weighted by Crippen LogP contribution is -2.38. The zero-order valence-electron chi connectivity index (χ0n) is 10.2. The highest BCUT2D eigenvalue weighted by Crippen LogP contribution is 2.10. The van der Waals surface area contributed by atoms with Crippen molar-refractivity contribution in [1.82, 2.24) is 9.13 Å². The maximum atomic E-state index is 11.9. The van der Waals surface area contributed by atoms with Crippen molar-refractivity contribution in [2.75, 3.05) is 0 Å². The van der Waals surface area contributed by atoms with Gasteiger partial charge in [0, 0.05) is 23.3 Å². The zero-order chi connectivity index (χ0) is 13.3. The van der Waals surface area contributed by atoms with Crippen LogP contribution in [0.25, 0.3) is 0 Å². The lowest BCUT2D eigenvalue weighted by Gasteiger charge is -2.09. The van der Waals surface area contributed by atoms with E-state index in [9.17, 15) is 9.59 Å². The number of hydrogen-bond acceptors (Lipinski definition) is 2. The van der Waals surface area contributed by atoms with E-state index in [0.717, 1.165) is 14.6 Å². The molecule has 0 radical (unpaired) electrons. The highest BCUT2D eigenvalue weighted by atomic mass is 79.9. The Bertz CT molecular complexity index is 684. The predicted octanol–water partition coefficient (Wildman–Crippen LogP) is 1.67. The first-order valence-electron chi connectivity index (χ1n) is 5.50. The summed E-state index contributed by atoms with van der Waals surface area (Å²) < 4.78 is 3.67. The van der Waals surface area contributed by atoms with E-state index >= 15 is 0 Å². The van der Waals surface area contributed by atoms with Gasteiger partial charge in [-0.15, -0.1) is 0 Å². The quantitative estimate of drug-likeness (QED) is 0.847. The lowest BCUT2D eigenvalue weighted by molar-refractivity contribution is 0.638. The van der Waals surface area contributed by atoms with E-state index in [2.05, 4.69) is 15.9 Å². The summed E-state index contributed by atoms with van der Waals surface area (Å²) in [6, 6.07) is 7.73. The van der Waals surface area contributed by atoms with Gasteiger partial charge in [0.15, 0.2) is 0 Å². The van der Waals surface area contributed by atoms with E-state index in [1.54, 1.807) is 17.7 Å². The third-order valence-corrected chi connectivity index (χ3v) is 3.32. The Balaban J connectivity index is 2.44. The molecule has 0 aliphatic rings. The van der Waals surface area contributed by atoms with Gasteiger partial charge in [0.05, 0.1) is 6.54 Å². The first kappa shape index (κ1) is 12.8. The average Bonchev–Trinajstić information content (AvgIpc) is 2.36. The smallest absolute Gasteiger partial charge is 0.296 e. The van der Waals surface area contributed by atoms with Crippen molar-refractivity contribution in [3.63, 3.8) is 0 Å². The minimum absolute atomic E-state index is 0.243. The van der Waals surface area contributed by atoms with Crippen LogP contribution in [0.3, 0.4) is 0 Å². The number of nitrogens with zero attached hydrogens (tertiary/aromatic N) is 2. The summed E-state index contributed by atoms with van der Waals surface area (Å²) in [5.74, 6) is 0. The van der Waals surface area contributed by atoms with Gasteiger partial charge in [-0.1, -0.05) is 28.1 Å². The second kappa shape index (κ2) is 4.94. The van der Waals surface area contributed by atoms with Crippen molar-refractivity contribution in [2.24, 2.45) is 7.05 Å². The molecule has 5 heteroatoms. The van der Waals surface area contributed by atoms with E-state index in [1.807, 2.05) is 24.3 Å². The average molecular weight is 309 g/mol. The molecular formula is C13H13BrN2O2. The van der Waals surface area contributed by atoms with Crippen LogP contribution in [0.15, 0.2) is 44.5 Å². The van der Waals surface area contributed by atoms with Crippen LogP contribution in [-0.4, -0.2) is 9.13 Å². The zero-order valence-corrected chi connectivity index (χ0v) is 11.8. The number of aryl methyl sites for hydroxylation is 1. The molecule has 1 aromatic carbocycles. The van der Waals surface area contributed by atoms with Crippen molar-refractivity contribution >= 4 is 15.9 Å². The molecule has 0 fully saturated rings. The summed E-state index contributed by atoms with van der Waals surface area (Å²) in [6.07, 6.45) is 1.60. The lowest BCUT2D eigenvalue weighted by atomic mass is 10.2. The number of rotatable bonds is 2. The van der Waals surface area contributed by atoms with Gasteiger partial charge in [-0.25, -0.2) is 4.79 Å². The summed E-state index contributed by atoms with van der Waals surface area (Å²) in [5.41, 5.74) is 1.04. The fourth-order valence-electron chi connectivity index (χ4n) is 1.79. The molecule has 2 aromatic rings. The van der Waals surface area contributed by atoms with Crippen molar-refractivity contribution in [3.8, 4) is 0 Å². The van der Waals surface area contributed by atoms with E-state index in [-0.39, 0.29) is 11.2 Å². The molecule has 0 N–H and O–H groups in total. The minimum atomic E-state index is -0.298. The van der Waals surface area contributed by atoms with Crippen LogP contribution in [-0.2, 0) is 13.6 Å². The SMILES string of the molecule is Cc1cn(Cc2ccc(Br)cc2)c(=O)n(C)c1=O. The number of benzene rings is 1. The van der Waals surface area contributed by atoms with Gasteiger partial charge in [0.25, 0.3) is 5.56 Å². The summed E-state index contributed by atoms with van der Waals surface area (Å²) >= 11 is 3.36. The second-order valence-corrected chi connectivity index (χ2v) is 5.13. The maximum absolute atomic E-state index is 11.9. The van der Waals surface area contributed by atoms with Crippen molar-refractivity contribution < 1.29 is 0 Å². The number of hydrogen-bond donors (Lipinski definition) is 0. The standard InChI is InChI=1S/C13H13BrN2O2/c1-9-7-16(13(18)15(2)12(9)17)8-10-3-5-11(14)6-4-10/h3-7H,8H2,1-2H3. The monoisotopic (exact) mass is 308 g/mol. The molecule has 18 heavy (non-hydrogen) atoms. The molecule has 1 aromatic heterocycles. The van der Waals surface area contributed by atoms with Crippen LogP contribution >= 0.6 is 15.9 Å². The number of aromatic nitrogens is 2. The molecule has 0 aliphatic carbocycles. The van der Waals surface area contributed by atoms with Crippen molar-refractivity contribution in [3.05, 3.63) is 66.9 Å². The third-order valence-electron chi connectivity index (χ3n) is 2.79. The summed E-state index contributed by atoms with van der Waals surface area (Å²) in [6.45, 7) is 2.17. The van der Waals surface area contributed by atoms with E-state index in [0.29, 0.717) is 12.1 Å². The molecule has 2 rings (SSSR count). The van der Waals surface area contributed by atoms with Gasteiger partial charge in [0.1, 0.15) is 0 Å². The molecule has 4 nitrogen and oxygen atoms in total. The second-order valence-electron chi connectivity index (χ2n) is 4.21. The topological polar surface area (TPSA) is 44.0 Å². The van der Waals surface area contributed by atoms with Crippen LogP contribution in [0.4, 0.5) is 0 Å². The number of halogens is 1. The van der Waals surface area contributed by atoms with Crippen LogP contribution in [0.5, 0.6) is 0 Å². The molecule has 0 aliphatic heterocycles. The van der Waals surface area contributed by atoms with E-state index in [4.69, 9.17) is 0 Å². The fourth-order valence-corrected chi connectivity index (χ4v) is 2.05. The molecular weight excluding hydrogens is 296 g/mol. The van der Waals surface area contributed by atoms with Crippen LogP contribution in [0.1, 0.15) is 11.1 Å². The Labute approximate surface area is 113 Å². The molecule has 0 bridgehead atoms. The van der Waals surface area contributed by atoms with Crippen molar-refractivity contribution in [1.29, 1.82) is 0 Å². The Morgan fingerprint density at radius 3 is 2.39 bits per heavy atom. The summed E-state index contributed by atoms with van der Waals surface area (Å²) in [5, 5.41) is 0. The molecule has 1 heterocycles. The Morgan fingerprint density at radius 1 is 1.17 bits per heavy atom. The first-order valence-corrected chi connectivity index (χ1v) is 6.30. The van der Waals surface area contributed by atoms with Gasteiger partial charge in [-0.05, 0) is 24.6 Å². The Kier molecular flexibility index (Phi) is 3.52. The van der Waals surface area contributed by atoms with Crippen LogP contribution in [0.2, 0.25) is 0 Å². The van der Waals surface area contributed by atoms with E-state index in [1.165, 1.54) is 7.05 Å². The molecule has 0 atom stereocenters. The normalized spacial score (nSPS) is 10.6. The fraction of sp³-hybridized carbons (Fsp3) is 0.231. The van der Waals surface area contributed by atoms with Crippen LogP contribution < -0.4 is 11.2 Å². The Hall–Kier alpha value is -1.62. The van der Waals surface area contributed by atoms with Crippen molar-refractivity contribution in [2.45, 2.75) is 13.5 Å². The molecule has 0 saturated heterocycles. The first-order chi connectivity index (χ1) is 8.49.